The number of thiocarbonyl (C=S) groups is 1. The molecule has 0 radical (unpaired) electrons. The molecule has 150 valence electrons. The number of rotatable bonds is 7. The Balaban J connectivity index is 2.06. The number of sulfone groups is 1. The van der Waals surface area contributed by atoms with Crippen molar-refractivity contribution in [2.24, 2.45) is 0 Å². The molecule has 0 aliphatic heterocycles. The number of nitrogens with one attached hydrogen (secondary N) is 2. The molecule has 6 nitrogen and oxygen atoms in total. The van der Waals surface area contributed by atoms with Gasteiger partial charge in [-0.05, 0) is 61.5 Å². The van der Waals surface area contributed by atoms with Crippen LogP contribution in [-0.2, 0) is 14.6 Å². The van der Waals surface area contributed by atoms with Crippen molar-refractivity contribution in [2.75, 3.05) is 18.2 Å². The number of esters is 1. The minimum Gasteiger partial charge on any atom is -0.462 e. The second-order valence-corrected chi connectivity index (χ2v) is 8.63. The second-order valence-electron chi connectivity index (χ2n) is 6.20. The molecule has 0 aliphatic carbocycles. The van der Waals surface area contributed by atoms with Gasteiger partial charge >= 0.3 is 5.97 Å². The van der Waals surface area contributed by atoms with Crippen LogP contribution in [0.25, 0.3) is 0 Å². The predicted octanol–water partition coefficient (Wildman–Crippen LogP) is 3.70. The zero-order valence-electron chi connectivity index (χ0n) is 16.1. The molecule has 0 fully saturated rings. The summed E-state index contributed by atoms with van der Waals surface area (Å²) < 4.78 is 28.2. The fourth-order valence-electron chi connectivity index (χ4n) is 2.63. The van der Waals surface area contributed by atoms with Crippen LogP contribution in [-0.4, -0.2) is 32.4 Å². The Hall–Kier alpha value is -2.45. The van der Waals surface area contributed by atoms with Crippen LogP contribution in [0.15, 0.2) is 53.4 Å². The fourth-order valence-corrected chi connectivity index (χ4v) is 3.52. The van der Waals surface area contributed by atoms with E-state index in [0.717, 1.165) is 12.0 Å². The van der Waals surface area contributed by atoms with Crippen molar-refractivity contribution in [3.8, 4) is 0 Å². The van der Waals surface area contributed by atoms with Crippen LogP contribution in [0.4, 0.5) is 5.69 Å². The first-order valence-electron chi connectivity index (χ1n) is 8.89. The Bertz CT molecular complexity index is 941. The summed E-state index contributed by atoms with van der Waals surface area (Å²) >= 11 is 5.39. The Morgan fingerprint density at radius 1 is 1.14 bits per heavy atom. The van der Waals surface area contributed by atoms with Crippen molar-refractivity contribution < 1.29 is 17.9 Å². The smallest absolute Gasteiger partial charge is 0.338 e. The van der Waals surface area contributed by atoms with Crippen LogP contribution >= 0.6 is 12.2 Å². The lowest BCUT2D eigenvalue weighted by Gasteiger charge is -2.20. The normalized spacial score (nSPS) is 12.1. The van der Waals surface area contributed by atoms with E-state index in [1.54, 1.807) is 55.5 Å². The highest BCUT2D eigenvalue weighted by molar-refractivity contribution is 7.90. The summed E-state index contributed by atoms with van der Waals surface area (Å²) in [5.41, 5.74) is 2.04. The van der Waals surface area contributed by atoms with Crippen molar-refractivity contribution in [2.45, 2.75) is 31.2 Å². The number of benzene rings is 2. The van der Waals surface area contributed by atoms with Crippen molar-refractivity contribution in [1.29, 1.82) is 0 Å². The summed E-state index contributed by atoms with van der Waals surface area (Å²) in [7, 11) is -3.23. The first kappa shape index (κ1) is 21.8. The molecule has 0 saturated carbocycles. The van der Waals surface area contributed by atoms with Crippen molar-refractivity contribution in [3.63, 3.8) is 0 Å². The molecule has 2 aromatic carbocycles. The first-order valence-corrected chi connectivity index (χ1v) is 11.2. The van der Waals surface area contributed by atoms with Gasteiger partial charge in [-0.3, -0.25) is 0 Å². The van der Waals surface area contributed by atoms with Gasteiger partial charge in [0.2, 0.25) is 0 Å². The van der Waals surface area contributed by atoms with Crippen LogP contribution < -0.4 is 10.6 Å². The number of hydrogen-bond acceptors (Lipinski definition) is 5. The van der Waals surface area contributed by atoms with E-state index in [1.165, 1.54) is 6.26 Å². The number of ether oxygens (including phenoxy) is 1. The molecule has 0 spiro atoms. The third-order valence-electron chi connectivity index (χ3n) is 4.06. The van der Waals surface area contributed by atoms with E-state index in [4.69, 9.17) is 17.0 Å². The molecule has 1 atom stereocenters. The highest BCUT2D eigenvalue weighted by atomic mass is 32.2. The summed E-state index contributed by atoms with van der Waals surface area (Å²) in [6, 6.07) is 13.6. The molecular weight excluding hydrogens is 396 g/mol. The van der Waals surface area contributed by atoms with E-state index < -0.39 is 9.84 Å². The Labute approximate surface area is 171 Å². The molecule has 0 heterocycles. The number of hydrogen-bond donors (Lipinski definition) is 2. The van der Waals surface area contributed by atoms with Gasteiger partial charge in [-0.25, -0.2) is 13.2 Å². The van der Waals surface area contributed by atoms with E-state index in [2.05, 4.69) is 10.6 Å². The average Bonchev–Trinajstić information content (AvgIpc) is 2.66. The van der Waals surface area contributed by atoms with Crippen molar-refractivity contribution >= 4 is 38.8 Å². The summed E-state index contributed by atoms with van der Waals surface area (Å²) in [6.45, 7) is 4.07. The number of carbonyl (C=O) groups is 1. The van der Waals surface area contributed by atoms with E-state index >= 15 is 0 Å². The van der Waals surface area contributed by atoms with Gasteiger partial charge in [0.25, 0.3) is 0 Å². The largest absolute Gasteiger partial charge is 0.462 e. The van der Waals surface area contributed by atoms with Gasteiger partial charge in [-0.15, -0.1) is 0 Å². The molecule has 0 saturated heterocycles. The van der Waals surface area contributed by atoms with Crippen LogP contribution in [0, 0.1) is 0 Å². The fraction of sp³-hybridized carbons (Fsp3) is 0.300. The van der Waals surface area contributed by atoms with Crippen LogP contribution in [0.5, 0.6) is 0 Å². The van der Waals surface area contributed by atoms with E-state index in [1.807, 2.05) is 6.92 Å². The lowest BCUT2D eigenvalue weighted by Crippen LogP contribution is -2.32. The highest BCUT2D eigenvalue weighted by Gasteiger charge is 2.13. The van der Waals surface area contributed by atoms with Crippen molar-refractivity contribution in [1.82, 2.24) is 5.32 Å². The van der Waals surface area contributed by atoms with Crippen LogP contribution in [0.1, 0.15) is 42.2 Å². The van der Waals surface area contributed by atoms with Gasteiger partial charge in [0.1, 0.15) is 0 Å². The zero-order valence-corrected chi connectivity index (χ0v) is 17.7. The maximum atomic E-state index is 11.8. The topological polar surface area (TPSA) is 84.5 Å². The molecule has 2 N–H and O–H groups in total. The van der Waals surface area contributed by atoms with Gasteiger partial charge in [0.05, 0.1) is 23.1 Å². The molecular formula is C20H24N2O4S2. The third-order valence-corrected chi connectivity index (χ3v) is 5.40. The van der Waals surface area contributed by atoms with E-state index in [9.17, 15) is 13.2 Å². The SMILES string of the molecule is CCOC(=O)c1cccc(NC(=S)N[C@H](CC)c2ccc(S(C)(=O)=O)cc2)c1. The monoisotopic (exact) mass is 420 g/mol. The molecule has 28 heavy (non-hydrogen) atoms. The third kappa shape index (κ3) is 6.03. The van der Waals surface area contributed by atoms with Gasteiger partial charge in [-0.1, -0.05) is 25.1 Å². The quantitative estimate of drug-likeness (QED) is 0.522. The predicted molar refractivity (Wildman–Crippen MR) is 114 cm³/mol. The van der Waals surface area contributed by atoms with E-state index in [0.29, 0.717) is 23.0 Å². The molecule has 2 aromatic rings. The maximum absolute atomic E-state index is 11.8. The average molecular weight is 421 g/mol. The zero-order chi connectivity index (χ0) is 20.7. The lowest BCUT2D eigenvalue weighted by molar-refractivity contribution is 0.0526. The molecule has 2 rings (SSSR count). The summed E-state index contributed by atoms with van der Waals surface area (Å²) in [4.78, 5) is 12.1. The van der Waals surface area contributed by atoms with Gasteiger partial charge in [-0.2, -0.15) is 0 Å². The minimum absolute atomic E-state index is 0.0816. The van der Waals surface area contributed by atoms with E-state index in [-0.39, 0.29) is 16.9 Å². The number of carbonyl (C=O) groups excluding carboxylic acids is 1. The first-order chi connectivity index (χ1) is 13.2. The Morgan fingerprint density at radius 2 is 1.82 bits per heavy atom. The molecule has 0 bridgehead atoms. The Kier molecular flexibility index (Phi) is 7.53. The highest BCUT2D eigenvalue weighted by Crippen LogP contribution is 2.20. The molecule has 0 aromatic heterocycles. The lowest BCUT2D eigenvalue weighted by atomic mass is 10.1. The molecule has 0 unspecified atom stereocenters. The van der Waals surface area contributed by atoms with Gasteiger partial charge in [0, 0.05) is 11.9 Å². The Morgan fingerprint density at radius 3 is 2.39 bits per heavy atom. The number of anilines is 1. The summed E-state index contributed by atoms with van der Waals surface area (Å²) in [5, 5.41) is 6.69. The van der Waals surface area contributed by atoms with Crippen LogP contribution in [0.3, 0.4) is 0 Å². The minimum atomic E-state index is -3.23. The molecule has 0 aliphatic rings. The van der Waals surface area contributed by atoms with Crippen molar-refractivity contribution in [3.05, 3.63) is 59.7 Å². The molecule has 0 amide bonds. The van der Waals surface area contributed by atoms with Crippen LogP contribution in [0.2, 0.25) is 0 Å². The standard InChI is InChI=1S/C20H24N2O4S2/c1-4-18(14-9-11-17(12-10-14)28(3,24)25)22-20(27)21-16-8-6-7-15(13-16)19(23)26-5-2/h6-13,18H,4-5H2,1-3H3,(H2,21,22,27)/t18-/m1/s1. The summed E-state index contributed by atoms with van der Waals surface area (Å²) in [5.74, 6) is -0.387. The summed E-state index contributed by atoms with van der Waals surface area (Å²) in [6.07, 6.45) is 1.93. The maximum Gasteiger partial charge on any atom is 0.338 e. The van der Waals surface area contributed by atoms with Gasteiger partial charge in [0.15, 0.2) is 14.9 Å². The second kappa shape index (κ2) is 9.66. The van der Waals surface area contributed by atoms with Gasteiger partial charge < -0.3 is 15.4 Å². The molecule has 8 heteroatoms.